The molecule has 0 saturated heterocycles. The van der Waals surface area contributed by atoms with E-state index in [0.717, 1.165) is 37.7 Å². The van der Waals surface area contributed by atoms with Crippen LogP contribution < -0.4 is 10.1 Å². The van der Waals surface area contributed by atoms with Crippen molar-refractivity contribution in [1.29, 1.82) is 0 Å². The fraction of sp³-hybridized carbons (Fsp3) is 0.533. The number of aliphatic hydroxyl groups excluding tert-OH is 1. The van der Waals surface area contributed by atoms with Gasteiger partial charge in [0.2, 0.25) is 15.9 Å². The number of likely N-dealkylation sites (N-methyl/N-ethyl adjacent to an activating group) is 1. The first-order valence-corrected chi connectivity index (χ1v) is 15.5. The minimum atomic E-state index is -3.77. The molecule has 9 nitrogen and oxygen atoms in total. The number of hydrogen-bond acceptors (Lipinski definition) is 6. The van der Waals surface area contributed by atoms with E-state index in [1.54, 1.807) is 54.3 Å². The molecule has 0 aromatic heterocycles. The molecule has 3 atom stereocenters. The van der Waals surface area contributed by atoms with Crippen molar-refractivity contribution in [1.82, 2.24) is 9.21 Å². The maximum atomic E-state index is 13.7. The Balaban J connectivity index is 1.62. The van der Waals surface area contributed by atoms with Gasteiger partial charge in [-0.15, -0.1) is 0 Å². The molecule has 0 unspecified atom stereocenters. The zero-order chi connectivity index (χ0) is 29.0. The number of carbonyl (C=O) groups is 2. The lowest BCUT2D eigenvalue weighted by Crippen LogP contribution is -2.50. The minimum Gasteiger partial charge on any atom is -0.488 e. The summed E-state index contributed by atoms with van der Waals surface area (Å²) in [6, 6.07) is 11.2. The van der Waals surface area contributed by atoms with Gasteiger partial charge < -0.3 is 20.1 Å². The van der Waals surface area contributed by atoms with Gasteiger partial charge in [-0.2, -0.15) is 4.31 Å². The molecule has 2 amide bonds. The van der Waals surface area contributed by atoms with Crippen LogP contribution in [0.1, 0.15) is 61.9 Å². The van der Waals surface area contributed by atoms with Gasteiger partial charge in [-0.05, 0) is 57.0 Å². The molecule has 1 heterocycles. The number of nitrogens with zero attached hydrogens (tertiary/aromatic N) is 2. The number of anilines is 1. The zero-order valence-corrected chi connectivity index (χ0v) is 24.6. The lowest BCUT2D eigenvalue weighted by atomic mass is 9.88. The average molecular weight is 572 g/mol. The molecule has 218 valence electrons. The third-order valence-corrected chi connectivity index (χ3v) is 9.91. The van der Waals surface area contributed by atoms with E-state index < -0.39 is 22.2 Å². The number of benzene rings is 2. The van der Waals surface area contributed by atoms with E-state index in [-0.39, 0.29) is 53.8 Å². The van der Waals surface area contributed by atoms with Crippen LogP contribution in [0.25, 0.3) is 0 Å². The predicted octanol–water partition coefficient (Wildman–Crippen LogP) is 4.05. The Kier molecular flexibility index (Phi) is 9.53. The van der Waals surface area contributed by atoms with E-state index in [4.69, 9.17) is 4.74 Å². The van der Waals surface area contributed by atoms with E-state index >= 15 is 0 Å². The third-order valence-electron chi connectivity index (χ3n) is 8.07. The molecule has 4 rings (SSSR count). The first kappa shape index (κ1) is 30.0. The SMILES string of the molecule is Cc1ccc(S(=O)(=O)N(C)C[C@@H]2Oc3ccc(NC(=O)C4CCCCC4)cc3C(=O)N([C@H](C)CO)C[C@H]2C)cc1. The van der Waals surface area contributed by atoms with Crippen molar-refractivity contribution in [3.05, 3.63) is 53.6 Å². The number of sulfonamides is 1. The molecule has 2 aromatic rings. The number of nitrogens with one attached hydrogen (secondary N) is 1. The highest BCUT2D eigenvalue weighted by molar-refractivity contribution is 7.89. The topological polar surface area (TPSA) is 116 Å². The fourth-order valence-corrected chi connectivity index (χ4v) is 6.55. The van der Waals surface area contributed by atoms with Gasteiger partial charge in [0.1, 0.15) is 11.9 Å². The van der Waals surface area contributed by atoms with E-state index in [0.29, 0.717) is 11.4 Å². The summed E-state index contributed by atoms with van der Waals surface area (Å²) in [6.07, 6.45) is 4.37. The van der Waals surface area contributed by atoms with Crippen molar-refractivity contribution in [3.8, 4) is 5.75 Å². The van der Waals surface area contributed by atoms with Crippen LogP contribution in [0.5, 0.6) is 5.75 Å². The Hall–Kier alpha value is -2.95. The normalized spacial score (nSPS) is 21.2. The highest BCUT2D eigenvalue weighted by atomic mass is 32.2. The number of aliphatic hydroxyl groups is 1. The molecule has 1 fully saturated rings. The molecule has 2 N–H and O–H groups in total. The van der Waals surface area contributed by atoms with Crippen LogP contribution in [0.3, 0.4) is 0 Å². The largest absolute Gasteiger partial charge is 0.488 e. The van der Waals surface area contributed by atoms with Crippen molar-refractivity contribution in [2.24, 2.45) is 11.8 Å². The number of amides is 2. The van der Waals surface area contributed by atoms with Crippen molar-refractivity contribution >= 4 is 27.5 Å². The van der Waals surface area contributed by atoms with Gasteiger partial charge in [0.05, 0.1) is 29.7 Å². The molecule has 1 aliphatic heterocycles. The van der Waals surface area contributed by atoms with Crippen LogP contribution >= 0.6 is 0 Å². The maximum absolute atomic E-state index is 13.7. The van der Waals surface area contributed by atoms with Gasteiger partial charge in [0.25, 0.3) is 5.91 Å². The Morgan fingerprint density at radius 1 is 1.15 bits per heavy atom. The van der Waals surface area contributed by atoms with Gasteiger partial charge >= 0.3 is 0 Å². The molecule has 2 aliphatic rings. The van der Waals surface area contributed by atoms with Crippen LogP contribution in [0.15, 0.2) is 47.4 Å². The third kappa shape index (κ3) is 6.67. The van der Waals surface area contributed by atoms with E-state index in [1.807, 2.05) is 13.8 Å². The molecule has 2 aromatic carbocycles. The predicted molar refractivity (Wildman–Crippen MR) is 154 cm³/mol. The first-order valence-electron chi connectivity index (χ1n) is 14.1. The summed E-state index contributed by atoms with van der Waals surface area (Å²) in [5.41, 5.74) is 1.74. The Morgan fingerprint density at radius 3 is 2.48 bits per heavy atom. The number of aryl methyl sites for hydroxylation is 1. The molecular weight excluding hydrogens is 530 g/mol. The Labute approximate surface area is 237 Å². The molecule has 0 spiro atoms. The van der Waals surface area contributed by atoms with Gasteiger partial charge in [0.15, 0.2) is 0 Å². The van der Waals surface area contributed by atoms with E-state index in [9.17, 15) is 23.1 Å². The number of ether oxygens (including phenoxy) is 1. The number of rotatable bonds is 8. The lowest BCUT2D eigenvalue weighted by Gasteiger charge is -2.38. The summed E-state index contributed by atoms with van der Waals surface area (Å²) in [5.74, 6) is -0.323. The fourth-order valence-electron chi connectivity index (χ4n) is 5.37. The first-order chi connectivity index (χ1) is 19.0. The standard InChI is InChI=1S/C30H41N3O6S/c1-20-10-13-25(14-11-20)40(37,38)32(4)18-28-21(2)17-33(22(3)19-34)30(36)26-16-24(12-15-27(26)39-28)31-29(35)23-8-6-5-7-9-23/h10-16,21-23,28,34H,5-9,17-19H2,1-4H3,(H,31,35)/t21-,22-,28+/m1/s1. The second-order valence-corrected chi connectivity index (χ2v) is 13.3. The number of carbonyl (C=O) groups excluding carboxylic acids is 2. The molecule has 1 saturated carbocycles. The molecule has 1 aliphatic carbocycles. The summed E-state index contributed by atoms with van der Waals surface area (Å²) in [5, 5.41) is 12.9. The second-order valence-electron chi connectivity index (χ2n) is 11.3. The van der Waals surface area contributed by atoms with E-state index in [2.05, 4.69) is 5.32 Å². The second kappa shape index (κ2) is 12.7. The van der Waals surface area contributed by atoms with E-state index in [1.165, 1.54) is 11.4 Å². The zero-order valence-electron chi connectivity index (χ0n) is 23.8. The average Bonchev–Trinajstić information content (AvgIpc) is 2.95. The Bertz CT molecular complexity index is 1310. The molecule has 0 radical (unpaired) electrons. The van der Waals surface area contributed by atoms with Crippen LogP contribution in [0.4, 0.5) is 5.69 Å². The van der Waals surface area contributed by atoms with Gasteiger partial charge in [-0.3, -0.25) is 9.59 Å². The van der Waals surface area contributed by atoms with Crippen LogP contribution in [0.2, 0.25) is 0 Å². The van der Waals surface area contributed by atoms with Crippen molar-refractivity contribution < 1.29 is 27.9 Å². The van der Waals surface area contributed by atoms with Gasteiger partial charge in [0, 0.05) is 31.1 Å². The lowest BCUT2D eigenvalue weighted by molar-refractivity contribution is -0.120. The highest BCUT2D eigenvalue weighted by Crippen LogP contribution is 2.32. The summed E-state index contributed by atoms with van der Waals surface area (Å²) in [6.45, 7) is 5.68. The van der Waals surface area contributed by atoms with Gasteiger partial charge in [-0.25, -0.2) is 8.42 Å². The van der Waals surface area contributed by atoms with Crippen LogP contribution in [-0.2, 0) is 14.8 Å². The molecule has 0 bridgehead atoms. The smallest absolute Gasteiger partial charge is 0.258 e. The van der Waals surface area contributed by atoms with Crippen LogP contribution in [-0.4, -0.2) is 73.4 Å². The highest BCUT2D eigenvalue weighted by Gasteiger charge is 2.35. The molecule has 10 heteroatoms. The minimum absolute atomic E-state index is 0.0372. The summed E-state index contributed by atoms with van der Waals surface area (Å²) >= 11 is 0. The van der Waals surface area contributed by atoms with Crippen molar-refractivity contribution in [2.75, 3.05) is 32.1 Å². The summed E-state index contributed by atoms with van der Waals surface area (Å²) in [4.78, 5) is 28.4. The Morgan fingerprint density at radius 2 is 1.82 bits per heavy atom. The number of fused-ring (bicyclic) bond motifs is 1. The van der Waals surface area contributed by atoms with Crippen molar-refractivity contribution in [2.45, 2.75) is 69.9 Å². The molecule has 40 heavy (non-hydrogen) atoms. The summed E-state index contributed by atoms with van der Waals surface area (Å²) < 4.78 is 34.2. The summed E-state index contributed by atoms with van der Waals surface area (Å²) in [7, 11) is -2.25. The maximum Gasteiger partial charge on any atom is 0.258 e. The number of hydrogen-bond donors (Lipinski definition) is 2. The van der Waals surface area contributed by atoms with Gasteiger partial charge in [-0.1, -0.05) is 43.9 Å². The molecular formula is C30H41N3O6S. The monoisotopic (exact) mass is 571 g/mol. The van der Waals surface area contributed by atoms with Crippen molar-refractivity contribution in [3.63, 3.8) is 0 Å². The quantitative estimate of drug-likeness (QED) is 0.494. The van der Waals surface area contributed by atoms with Crippen LogP contribution in [0, 0.1) is 18.8 Å².